The molecule has 0 spiro atoms. The van der Waals surface area contributed by atoms with E-state index in [-0.39, 0.29) is 5.41 Å². The van der Waals surface area contributed by atoms with Gasteiger partial charge in [-0.3, -0.25) is 4.79 Å². The van der Waals surface area contributed by atoms with Crippen LogP contribution < -0.4 is 0 Å². The van der Waals surface area contributed by atoms with Crippen LogP contribution in [0.1, 0.15) is 65.7 Å². The molecule has 1 unspecified atom stereocenters. The molecule has 7 fully saturated rings. The summed E-state index contributed by atoms with van der Waals surface area (Å²) in [4.78, 5) is 12.9. The summed E-state index contributed by atoms with van der Waals surface area (Å²) in [6.07, 6.45) is 8.47. The lowest BCUT2D eigenvalue weighted by atomic mass is 9.44. The van der Waals surface area contributed by atoms with Crippen LogP contribution in [0.3, 0.4) is 0 Å². The highest BCUT2D eigenvalue weighted by Gasteiger charge is 2.99. The molecule has 11 atom stereocenters. The van der Waals surface area contributed by atoms with E-state index in [2.05, 4.69) is 36.7 Å². The quantitative estimate of drug-likeness (QED) is 0.649. The molecule has 26 heavy (non-hydrogen) atoms. The summed E-state index contributed by atoms with van der Waals surface area (Å²) in [6, 6.07) is 0. The number of hydrogen-bond acceptors (Lipinski definition) is 2. The highest BCUT2D eigenvalue weighted by Crippen LogP contribution is 2.99. The van der Waals surface area contributed by atoms with Gasteiger partial charge in [-0.1, -0.05) is 29.8 Å². The highest BCUT2D eigenvalue weighted by molar-refractivity contribution is 9.09. The number of fused-ring (bicyclic) bond motifs is 3. The molecule has 0 aromatic heterocycles. The molecule has 0 aromatic rings. The number of ketones is 1. The summed E-state index contributed by atoms with van der Waals surface area (Å²) >= 11 is 3.50. The van der Waals surface area contributed by atoms with Crippen LogP contribution in [0.25, 0.3) is 0 Å². The Hall–Kier alpha value is 0.110. The number of Topliss-reactive ketones (excluding diaryl/α,β-unsaturated/α-hetero) is 1. The van der Waals surface area contributed by atoms with E-state index >= 15 is 0 Å². The molecule has 0 radical (unpaired) electrons. The van der Waals surface area contributed by atoms with Crippen LogP contribution in [0.5, 0.6) is 0 Å². The molecule has 0 aromatic carbocycles. The van der Waals surface area contributed by atoms with E-state index in [1.807, 2.05) is 0 Å². The van der Waals surface area contributed by atoms with Crippen LogP contribution in [-0.2, 0) is 4.79 Å². The number of halogens is 1. The Morgan fingerprint density at radius 2 is 1.77 bits per heavy atom. The van der Waals surface area contributed by atoms with Crippen molar-refractivity contribution in [3.05, 3.63) is 0 Å². The van der Waals surface area contributed by atoms with Crippen molar-refractivity contribution in [2.45, 2.75) is 71.3 Å². The molecule has 7 rings (SSSR count). The lowest BCUT2D eigenvalue weighted by Crippen LogP contribution is -2.56. The number of hydrogen-bond donors (Lipinski definition) is 1. The molecule has 7 aliphatic carbocycles. The predicted molar refractivity (Wildman–Crippen MR) is 105 cm³/mol. The third kappa shape index (κ3) is 1.59. The van der Waals surface area contributed by atoms with Crippen LogP contribution in [0.4, 0.5) is 0 Å². The van der Waals surface area contributed by atoms with Gasteiger partial charge in [-0.25, -0.2) is 0 Å². The average molecular weight is 421 g/mol. The van der Waals surface area contributed by atoms with Crippen LogP contribution in [0.15, 0.2) is 0 Å². The zero-order valence-electron chi connectivity index (χ0n) is 16.4. The first-order chi connectivity index (χ1) is 12.2. The summed E-state index contributed by atoms with van der Waals surface area (Å²) < 4.78 is 0. The Labute approximate surface area is 166 Å². The summed E-state index contributed by atoms with van der Waals surface area (Å²) in [5.74, 6) is 6.16. The minimum atomic E-state index is -0.439. The Balaban J connectivity index is 1.34. The number of aliphatic hydroxyl groups is 1. The fraction of sp³-hybridized carbons (Fsp3) is 0.957. The van der Waals surface area contributed by atoms with Crippen LogP contribution in [0, 0.1) is 57.7 Å². The summed E-state index contributed by atoms with van der Waals surface area (Å²) in [6.45, 7) is 7.13. The second-order valence-corrected chi connectivity index (χ2v) is 12.3. The van der Waals surface area contributed by atoms with E-state index in [0.29, 0.717) is 27.9 Å². The van der Waals surface area contributed by atoms with Gasteiger partial charge in [0.25, 0.3) is 0 Å². The zero-order valence-corrected chi connectivity index (χ0v) is 18.0. The van der Waals surface area contributed by atoms with Gasteiger partial charge in [-0.05, 0) is 104 Å². The maximum Gasteiger partial charge on any atom is 0.150 e. The van der Waals surface area contributed by atoms with E-state index in [4.69, 9.17) is 0 Å². The Kier molecular flexibility index (Phi) is 3.03. The molecule has 1 N–H and O–H groups in total. The number of carbonyl (C=O) groups excluding carboxylic acids is 1. The third-order valence-electron chi connectivity index (χ3n) is 11.2. The summed E-state index contributed by atoms with van der Waals surface area (Å²) in [7, 11) is 0. The van der Waals surface area contributed by atoms with Gasteiger partial charge in [0.05, 0.1) is 10.9 Å². The van der Waals surface area contributed by atoms with Crippen molar-refractivity contribution < 1.29 is 9.90 Å². The predicted octanol–water partition coefficient (Wildman–Crippen LogP) is 4.83. The maximum atomic E-state index is 12.9. The Morgan fingerprint density at radius 1 is 1.04 bits per heavy atom. The molecule has 7 saturated carbocycles. The molecular formula is C23H33BrO2. The first-order valence-corrected chi connectivity index (χ1v) is 12.2. The van der Waals surface area contributed by atoms with Gasteiger partial charge >= 0.3 is 0 Å². The number of rotatable bonds is 2. The topological polar surface area (TPSA) is 37.3 Å². The lowest BCUT2D eigenvalue weighted by Gasteiger charge is -2.61. The number of carbonyl (C=O) groups is 1. The molecule has 2 nitrogen and oxygen atoms in total. The zero-order chi connectivity index (χ0) is 18.3. The van der Waals surface area contributed by atoms with Crippen molar-refractivity contribution >= 4 is 21.7 Å². The third-order valence-corrected chi connectivity index (χ3v) is 11.7. The largest absolute Gasteiger partial charge is 0.390 e. The van der Waals surface area contributed by atoms with Gasteiger partial charge in [0.15, 0.2) is 5.78 Å². The standard InChI is InChI=1S/C23H33BrO2/c1-20(26)8-9-21(2)12(10-20)4-5-13-14(21)6-7-22(3)17(13)16-18-19(16)23(18,22)15(25)11-24/h12-14,16-19,26H,4-11H2,1-3H3/t12-,13+,14-,16-,17+,18+,19?,20+,21-,22-,23+/m0/s1. The molecule has 0 saturated heterocycles. The molecular weight excluding hydrogens is 388 g/mol. The minimum Gasteiger partial charge on any atom is -0.390 e. The first kappa shape index (κ1) is 17.0. The van der Waals surface area contributed by atoms with Crippen LogP contribution >= 0.6 is 15.9 Å². The van der Waals surface area contributed by atoms with Crippen molar-refractivity contribution in [1.82, 2.24) is 0 Å². The normalized spacial score (nSPS) is 66.9. The SMILES string of the molecule is C[C@@]1(O)CC[C@@]2(C)[C@@H](CC[C@H]3[C@@H]4[C@@H]5C6[C@@H]5[C@@]6(C(=O)CBr)[C@@]4(C)CC[C@@H]32)C1. The Morgan fingerprint density at radius 3 is 2.46 bits per heavy atom. The molecule has 0 amide bonds. The van der Waals surface area contributed by atoms with E-state index < -0.39 is 5.60 Å². The van der Waals surface area contributed by atoms with Crippen molar-refractivity contribution in [2.75, 3.05) is 5.33 Å². The second-order valence-electron chi connectivity index (χ2n) is 11.8. The smallest absolute Gasteiger partial charge is 0.150 e. The minimum absolute atomic E-state index is 0.0881. The van der Waals surface area contributed by atoms with Crippen molar-refractivity contribution in [3.63, 3.8) is 0 Å². The van der Waals surface area contributed by atoms with Gasteiger partial charge in [0.1, 0.15) is 0 Å². The summed E-state index contributed by atoms with van der Waals surface area (Å²) in [5, 5.41) is 11.2. The highest BCUT2D eigenvalue weighted by atomic mass is 79.9. The lowest BCUT2D eigenvalue weighted by molar-refractivity contribution is -0.151. The molecule has 2 bridgehead atoms. The van der Waals surface area contributed by atoms with Gasteiger partial charge in [-0.2, -0.15) is 0 Å². The molecule has 3 heteroatoms. The molecule has 0 aliphatic heterocycles. The molecule has 7 aliphatic rings. The number of alkyl halides is 1. The van der Waals surface area contributed by atoms with Crippen LogP contribution in [-0.4, -0.2) is 21.8 Å². The summed E-state index contributed by atoms with van der Waals surface area (Å²) in [5.41, 5.74) is 0.375. The average Bonchev–Trinajstić information content (AvgIpc) is 3.44. The van der Waals surface area contributed by atoms with E-state index in [1.165, 1.54) is 32.1 Å². The second kappa shape index (κ2) is 4.64. The van der Waals surface area contributed by atoms with Crippen molar-refractivity contribution in [2.24, 2.45) is 57.7 Å². The molecule has 0 heterocycles. The van der Waals surface area contributed by atoms with Crippen molar-refractivity contribution in [3.8, 4) is 0 Å². The first-order valence-electron chi connectivity index (χ1n) is 11.0. The Bertz CT molecular complexity index is 690. The van der Waals surface area contributed by atoms with E-state index in [1.54, 1.807) is 0 Å². The van der Waals surface area contributed by atoms with E-state index in [0.717, 1.165) is 48.3 Å². The fourth-order valence-corrected chi connectivity index (χ4v) is 10.6. The van der Waals surface area contributed by atoms with Crippen LogP contribution in [0.2, 0.25) is 0 Å². The van der Waals surface area contributed by atoms with Gasteiger partial charge in [0, 0.05) is 5.41 Å². The van der Waals surface area contributed by atoms with Crippen molar-refractivity contribution in [1.29, 1.82) is 0 Å². The van der Waals surface area contributed by atoms with E-state index in [9.17, 15) is 9.90 Å². The monoisotopic (exact) mass is 420 g/mol. The fourth-order valence-electron chi connectivity index (χ4n) is 10.1. The maximum absolute atomic E-state index is 12.9. The van der Waals surface area contributed by atoms with Gasteiger partial charge in [-0.15, -0.1) is 0 Å². The van der Waals surface area contributed by atoms with Gasteiger partial charge < -0.3 is 5.11 Å². The molecule has 144 valence electrons. The van der Waals surface area contributed by atoms with Gasteiger partial charge in [0.2, 0.25) is 0 Å².